The van der Waals surface area contributed by atoms with Gasteiger partial charge in [0.2, 0.25) is 5.91 Å². The van der Waals surface area contributed by atoms with E-state index in [0.717, 1.165) is 0 Å². The molecule has 0 unspecified atom stereocenters. The Balaban J connectivity index is 1.86. The van der Waals surface area contributed by atoms with Crippen molar-refractivity contribution in [3.05, 3.63) is 35.6 Å². The zero-order valence-corrected chi connectivity index (χ0v) is 9.32. The minimum absolute atomic E-state index is 0.166. The van der Waals surface area contributed by atoms with Crippen LogP contribution in [0.4, 0.5) is 4.39 Å². The molecule has 1 aromatic rings. The number of aliphatic hydroxyl groups is 1. The predicted octanol–water partition coefficient (Wildman–Crippen LogP) is 0.165. The molecule has 5 heteroatoms. The molecule has 0 aromatic heterocycles. The highest BCUT2D eigenvalue weighted by atomic mass is 19.1. The lowest BCUT2D eigenvalue weighted by molar-refractivity contribution is -0.123. The number of halogens is 1. The number of β-amino-alcohol motifs (C(OH)–C–C–N with tert-alkyl or cyclic N) is 1. The number of amides is 1. The Kier molecular flexibility index (Phi) is 3.71. The number of rotatable bonds is 3. The van der Waals surface area contributed by atoms with Gasteiger partial charge in [0.05, 0.1) is 12.1 Å². The van der Waals surface area contributed by atoms with Crippen LogP contribution >= 0.6 is 0 Å². The minimum atomic E-state index is -0.473. The van der Waals surface area contributed by atoms with Gasteiger partial charge in [0.25, 0.3) is 0 Å². The highest BCUT2D eigenvalue weighted by molar-refractivity contribution is 5.82. The molecule has 17 heavy (non-hydrogen) atoms. The van der Waals surface area contributed by atoms with Crippen LogP contribution < -0.4 is 10.6 Å². The standard InChI is InChI=1S/C12H15FN2O2/c13-10-4-2-1-3-8(10)6-15-12(17)11-5-9(16)7-14-11/h1-4,9,11,14,16H,5-7H2,(H,15,17)/t9-,11-/m0/s1. The summed E-state index contributed by atoms with van der Waals surface area (Å²) >= 11 is 0. The first-order valence-electron chi connectivity index (χ1n) is 5.59. The molecule has 0 radical (unpaired) electrons. The van der Waals surface area contributed by atoms with Crippen molar-refractivity contribution in [2.45, 2.75) is 25.1 Å². The lowest BCUT2D eigenvalue weighted by Gasteiger charge is -2.11. The first kappa shape index (κ1) is 12.0. The van der Waals surface area contributed by atoms with Crippen LogP contribution in [0.15, 0.2) is 24.3 Å². The summed E-state index contributed by atoms with van der Waals surface area (Å²) in [6, 6.07) is 5.94. The van der Waals surface area contributed by atoms with Gasteiger partial charge in [-0.2, -0.15) is 0 Å². The van der Waals surface area contributed by atoms with E-state index in [4.69, 9.17) is 0 Å². The van der Waals surface area contributed by atoms with Gasteiger partial charge in [0.15, 0.2) is 0 Å². The molecule has 1 saturated heterocycles. The van der Waals surface area contributed by atoms with Gasteiger partial charge in [0.1, 0.15) is 5.82 Å². The van der Waals surface area contributed by atoms with Crippen LogP contribution in [0.5, 0.6) is 0 Å². The van der Waals surface area contributed by atoms with Crippen LogP contribution in [0.2, 0.25) is 0 Å². The third-order valence-corrected chi connectivity index (χ3v) is 2.84. The summed E-state index contributed by atoms with van der Waals surface area (Å²) in [5.74, 6) is -0.531. The lowest BCUT2D eigenvalue weighted by atomic mass is 10.1. The summed E-state index contributed by atoms with van der Waals surface area (Å²) < 4.78 is 13.3. The molecule has 1 aromatic carbocycles. The van der Waals surface area contributed by atoms with E-state index in [-0.39, 0.29) is 24.3 Å². The van der Waals surface area contributed by atoms with E-state index >= 15 is 0 Å². The smallest absolute Gasteiger partial charge is 0.237 e. The van der Waals surface area contributed by atoms with Crippen molar-refractivity contribution < 1.29 is 14.3 Å². The summed E-state index contributed by atoms with van der Waals surface area (Å²) in [6.45, 7) is 0.595. The molecular weight excluding hydrogens is 223 g/mol. The highest BCUT2D eigenvalue weighted by Crippen LogP contribution is 2.08. The molecule has 1 amide bonds. The molecule has 3 N–H and O–H groups in total. The monoisotopic (exact) mass is 238 g/mol. The second-order valence-corrected chi connectivity index (χ2v) is 4.16. The summed E-state index contributed by atoms with van der Waals surface area (Å²) in [5.41, 5.74) is 0.458. The molecule has 1 aliphatic rings. The fourth-order valence-electron chi connectivity index (χ4n) is 1.86. The number of aliphatic hydroxyl groups excluding tert-OH is 1. The summed E-state index contributed by atoms with van der Waals surface area (Å²) in [6.07, 6.45) is -0.0671. The fraction of sp³-hybridized carbons (Fsp3) is 0.417. The second kappa shape index (κ2) is 5.25. The van der Waals surface area contributed by atoms with E-state index in [1.54, 1.807) is 18.2 Å². The van der Waals surface area contributed by atoms with Gasteiger partial charge < -0.3 is 15.7 Å². The molecule has 1 fully saturated rings. The van der Waals surface area contributed by atoms with Crippen molar-refractivity contribution in [2.24, 2.45) is 0 Å². The fourth-order valence-corrected chi connectivity index (χ4v) is 1.86. The Hall–Kier alpha value is -1.46. The molecule has 0 bridgehead atoms. The average Bonchev–Trinajstić information content (AvgIpc) is 2.74. The molecule has 0 spiro atoms. The van der Waals surface area contributed by atoms with Crippen LogP contribution in [-0.4, -0.2) is 29.7 Å². The van der Waals surface area contributed by atoms with Gasteiger partial charge in [0, 0.05) is 18.7 Å². The van der Waals surface area contributed by atoms with Crippen molar-refractivity contribution in [1.29, 1.82) is 0 Å². The third-order valence-electron chi connectivity index (χ3n) is 2.84. The Bertz CT molecular complexity index is 411. The van der Waals surface area contributed by atoms with Gasteiger partial charge in [-0.25, -0.2) is 4.39 Å². The van der Waals surface area contributed by atoms with Gasteiger partial charge in [-0.3, -0.25) is 4.79 Å². The van der Waals surface area contributed by atoms with E-state index in [1.807, 2.05) is 0 Å². The van der Waals surface area contributed by atoms with Crippen LogP contribution in [0.3, 0.4) is 0 Å². The van der Waals surface area contributed by atoms with E-state index in [0.29, 0.717) is 18.5 Å². The van der Waals surface area contributed by atoms with Crippen LogP contribution in [0, 0.1) is 5.82 Å². The molecule has 4 nitrogen and oxygen atoms in total. The normalized spacial score (nSPS) is 23.6. The number of nitrogens with one attached hydrogen (secondary N) is 2. The summed E-state index contributed by atoms with van der Waals surface area (Å²) in [5, 5.41) is 14.8. The van der Waals surface area contributed by atoms with E-state index in [2.05, 4.69) is 10.6 Å². The molecule has 1 aliphatic heterocycles. The molecule has 1 heterocycles. The maximum atomic E-state index is 13.3. The first-order chi connectivity index (χ1) is 8.16. The average molecular weight is 238 g/mol. The first-order valence-corrected chi connectivity index (χ1v) is 5.59. The maximum Gasteiger partial charge on any atom is 0.237 e. The Morgan fingerprint density at radius 1 is 1.53 bits per heavy atom. The van der Waals surface area contributed by atoms with E-state index < -0.39 is 6.10 Å². The molecular formula is C12H15FN2O2. The maximum absolute atomic E-state index is 13.3. The van der Waals surface area contributed by atoms with E-state index in [1.165, 1.54) is 6.07 Å². The van der Waals surface area contributed by atoms with Crippen LogP contribution in [0.1, 0.15) is 12.0 Å². The summed E-state index contributed by atoms with van der Waals surface area (Å²) in [7, 11) is 0. The second-order valence-electron chi connectivity index (χ2n) is 4.16. The van der Waals surface area contributed by atoms with Crippen molar-refractivity contribution in [2.75, 3.05) is 6.54 Å². The van der Waals surface area contributed by atoms with Crippen molar-refractivity contribution in [1.82, 2.24) is 10.6 Å². The number of hydrogen-bond donors (Lipinski definition) is 3. The van der Waals surface area contributed by atoms with Crippen LogP contribution in [0.25, 0.3) is 0 Å². The van der Waals surface area contributed by atoms with Crippen LogP contribution in [-0.2, 0) is 11.3 Å². The van der Waals surface area contributed by atoms with Crippen molar-refractivity contribution >= 4 is 5.91 Å². The zero-order chi connectivity index (χ0) is 12.3. The Morgan fingerprint density at radius 2 is 2.29 bits per heavy atom. The molecule has 92 valence electrons. The van der Waals surface area contributed by atoms with Crippen molar-refractivity contribution in [3.8, 4) is 0 Å². The molecule has 2 rings (SSSR count). The Morgan fingerprint density at radius 3 is 2.94 bits per heavy atom. The largest absolute Gasteiger partial charge is 0.392 e. The number of carbonyl (C=O) groups is 1. The molecule has 0 aliphatic carbocycles. The van der Waals surface area contributed by atoms with Gasteiger partial charge >= 0.3 is 0 Å². The van der Waals surface area contributed by atoms with Gasteiger partial charge in [-0.05, 0) is 12.5 Å². The number of carbonyl (C=O) groups excluding carboxylic acids is 1. The number of hydrogen-bond acceptors (Lipinski definition) is 3. The summed E-state index contributed by atoms with van der Waals surface area (Å²) in [4.78, 5) is 11.7. The third kappa shape index (κ3) is 3.01. The SMILES string of the molecule is O=C(NCc1ccccc1F)[C@@H]1C[C@H](O)CN1. The van der Waals surface area contributed by atoms with E-state index in [9.17, 15) is 14.3 Å². The quantitative estimate of drug-likeness (QED) is 0.703. The minimum Gasteiger partial charge on any atom is -0.392 e. The zero-order valence-electron chi connectivity index (χ0n) is 9.32. The van der Waals surface area contributed by atoms with Gasteiger partial charge in [-0.1, -0.05) is 18.2 Å². The van der Waals surface area contributed by atoms with Gasteiger partial charge in [-0.15, -0.1) is 0 Å². The highest BCUT2D eigenvalue weighted by Gasteiger charge is 2.27. The molecule has 2 atom stereocenters. The Labute approximate surface area is 98.8 Å². The molecule has 0 saturated carbocycles. The number of benzene rings is 1. The van der Waals surface area contributed by atoms with Crippen molar-refractivity contribution in [3.63, 3.8) is 0 Å². The topological polar surface area (TPSA) is 61.4 Å². The lowest BCUT2D eigenvalue weighted by Crippen LogP contribution is -2.40. The predicted molar refractivity (Wildman–Crippen MR) is 60.7 cm³/mol.